The van der Waals surface area contributed by atoms with E-state index in [4.69, 9.17) is 0 Å². The van der Waals surface area contributed by atoms with E-state index >= 15 is 0 Å². The summed E-state index contributed by atoms with van der Waals surface area (Å²) in [5.74, 6) is -0.794. The summed E-state index contributed by atoms with van der Waals surface area (Å²) in [4.78, 5) is 0. The van der Waals surface area contributed by atoms with Crippen molar-refractivity contribution < 1.29 is 8.78 Å². The van der Waals surface area contributed by atoms with Crippen LogP contribution in [0.4, 0.5) is 8.78 Å². The Hall–Kier alpha value is -1.74. The molecule has 0 heterocycles. The second-order valence-electron chi connectivity index (χ2n) is 5.70. The molecule has 0 amide bonds. The maximum Gasteiger partial charge on any atom is 0.133 e. The van der Waals surface area contributed by atoms with Crippen LogP contribution in [0.1, 0.15) is 40.6 Å². The highest BCUT2D eigenvalue weighted by atomic mass is 19.1. The van der Waals surface area contributed by atoms with Crippen molar-refractivity contribution in [3.8, 4) is 0 Å². The Bertz CT molecular complexity index is 666. The van der Waals surface area contributed by atoms with Crippen LogP contribution in [0, 0.1) is 18.6 Å². The van der Waals surface area contributed by atoms with E-state index in [2.05, 4.69) is 17.4 Å². The maximum absolute atomic E-state index is 14.4. The smallest absolute Gasteiger partial charge is 0.133 e. The predicted octanol–water partition coefficient (Wildman–Crippen LogP) is 4.26. The van der Waals surface area contributed by atoms with Gasteiger partial charge in [0, 0.05) is 17.5 Å². The summed E-state index contributed by atoms with van der Waals surface area (Å²) >= 11 is 0. The van der Waals surface area contributed by atoms with Gasteiger partial charge < -0.3 is 5.32 Å². The molecule has 110 valence electrons. The summed E-state index contributed by atoms with van der Waals surface area (Å²) in [5, 5.41) is 3.13. The van der Waals surface area contributed by atoms with E-state index in [9.17, 15) is 8.78 Å². The van der Waals surface area contributed by atoms with Gasteiger partial charge in [-0.1, -0.05) is 30.3 Å². The number of nitrogens with one attached hydrogen (secondary N) is 1. The van der Waals surface area contributed by atoms with Crippen molar-refractivity contribution in [2.45, 2.75) is 31.7 Å². The van der Waals surface area contributed by atoms with Crippen molar-refractivity contribution in [2.24, 2.45) is 0 Å². The monoisotopic (exact) mass is 287 g/mol. The van der Waals surface area contributed by atoms with Crippen molar-refractivity contribution in [3.63, 3.8) is 0 Å². The molecule has 2 unspecified atom stereocenters. The van der Waals surface area contributed by atoms with E-state index in [1.165, 1.54) is 23.3 Å². The van der Waals surface area contributed by atoms with Gasteiger partial charge in [-0.2, -0.15) is 0 Å². The molecule has 3 heteroatoms. The molecule has 0 spiro atoms. The lowest BCUT2D eigenvalue weighted by atomic mass is 9.87. The fraction of sp³-hybridized carbons (Fsp3) is 0.333. The summed E-state index contributed by atoms with van der Waals surface area (Å²) in [6.07, 6.45) is 1.88. The molecule has 0 aromatic heterocycles. The van der Waals surface area contributed by atoms with Gasteiger partial charge in [-0.15, -0.1) is 0 Å². The van der Waals surface area contributed by atoms with E-state index in [0.717, 1.165) is 12.8 Å². The molecule has 3 rings (SSSR count). The number of rotatable bonds is 3. The molecule has 2 aromatic carbocycles. The first-order chi connectivity index (χ1) is 10.1. The second kappa shape index (κ2) is 5.57. The Morgan fingerprint density at radius 3 is 2.67 bits per heavy atom. The zero-order valence-electron chi connectivity index (χ0n) is 12.3. The Kier molecular flexibility index (Phi) is 3.77. The summed E-state index contributed by atoms with van der Waals surface area (Å²) in [6, 6.07) is 10.7. The van der Waals surface area contributed by atoms with Gasteiger partial charge in [0.25, 0.3) is 0 Å². The van der Waals surface area contributed by atoms with Crippen LogP contribution in [0.3, 0.4) is 0 Å². The molecule has 1 aliphatic rings. The summed E-state index contributed by atoms with van der Waals surface area (Å²) in [5.41, 5.74) is 3.14. The first-order valence-corrected chi connectivity index (χ1v) is 7.33. The van der Waals surface area contributed by atoms with Gasteiger partial charge >= 0.3 is 0 Å². The molecule has 1 nitrogen and oxygen atoms in total. The number of halogens is 2. The Balaban J connectivity index is 2.07. The quantitative estimate of drug-likeness (QED) is 0.889. The lowest BCUT2D eigenvalue weighted by Crippen LogP contribution is -2.25. The lowest BCUT2D eigenvalue weighted by molar-refractivity contribution is 0.428. The van der Waals surface area contributed by atoms with Crippen LogP contribution in [-0.4, -0.2) is 7.05 Å². The van der Waals surface area contributed by atoms with Gasteiger partial charge in [-0.3, -0.25) is 0 Å². The summed E-state index contributed by atoms with van der Waals surface area (Å²) in [7, 11) is 1.77. The number of benzene rings is 2. The third kappa shape index (κ3) is 2.36. The Morgan fingerprint density at radius 2 is 1.90 bits per heavy atom. The number of hydrogen-bond acceptors (Lipinski definition) is 1. The van der Waals surface area contributed by atoms with Gasteiger partial charge in [0.1, 0.15) is 11.6 Å². The molecule has 0 saturated carbocycles. The fourth-order valence-corrected chi connectivity index (χ4v) is 3.45. The molecule has 1 aliphatic carbocycles. The third-order valence-electron chi connectivity index (χ3n) is 4.52. The molecule has 1 N–H and O–H groups in total. The van der Waals surface area contributed by atoms with Gasteiger partial charge in [0.15, 0.2) is 0 Å². The zero-order valence-corrected chi connectivity index (χ0v) is 12.3. The van der Waals surface area contributed by atoms with Crippen molar-refractivity contribution >= 4 is 0 Å². The molecular weight excluding hydrogens is 268 g/mol. The summed E-state index contributed by atoms with van der Waals surface area (Å²) in [6.45, 7) is 1.67. The number of hydrogen-bond donors (Lipinski definition) is 1. The van der Waals surface area contributed by atoms with Crippen molar-refractivity contribution in [1.82, 2.24) is 5.32 Å². The third-order valence-corrected chi connectivity index (χ3v) is 4.52. The SMILES string of the molecule is CNC(c1c(F)ccc(C)c1F)C1CCc2ccccc21. The van der Waals surface area contributed by atoms with E-state index in [0.29, 0.717) is 5.56 Å². The van der Waals surface area contributed by atoms with Gasteiger partial charge in [0.05, 0.1) is 0 Å². The van der Waals surface area contributed by atoms with Crippen molar-refractivity contribution in [2.75, 3.05) is 7.05 Å². The van der Waals surface area contributed by atoms with Crippen LogP contribution in [-0.2, 0) is 6.42 Å². The summed E-state index contributed by atoms with van der Waals surface area (Å²) < 4.78 is 28.7. The van der Waals surface area contributed by atoms with Crippen LogP contribution in [0.5, 0.6) is 0 Å². The minimum absolute atomic E-state index is 0.108. The largest absolute Gasteiger partial charge is 0.312 e. The normalized spacial score (nSPS) is 18.6. The number of aryl methyl sites for hydroxylation is 2. The topological polar surface area (TPSA) is 12.0 Å². The van der Waals surface area contributed by atoms with Crippen LogP contribution in [0.15, 0.2) is 36.4 Å². The fourth-order valence-electron chi connectivity index (χ4n) is 3.45. The van der Waals surface area contributed by atoms with E-state index in [1.54, 1.807) is 14.0 Å². The van der Waals surface area contributed by atoms with Gasteiger partial charge in [-0.05, 0) is 49.6 Å². The highest BCUT2D eigenvalue weighted by molar-refractivity contribution is 5.39. The van der Waals surface area contributed by atoms with Crippen molar-refractivity contribution in [3.05, 3.63) is 70.3 Å². The Morgan fingerprint density at radius 1 is 1.14 bits per heavy atom. The molecular formula is C18H19F2N. The van der Waals surface area contributed by atoms with Gasteiger partial charge in [-0.25, -0.2) is 8.78 Å². The minimum atomic E-state index is -0.471. The lowest BCUT2D eigenvalue weighted by Gasteiger charge is -2.26. The van der Waals surface area contributed by atoms with Crippen molar-refractivity contribution in [1.29, 1.82) is 0 Å². The standard InChI is InChI=1S/C18H19F2N/c1-11-7-10-15(19)16(17(11)20)18(21-2)14-9-8-12-5-3-4-6-13(12)14/h3-7,10,14,18,21H,8-9H2,1-2H3. The van der Waals surface area contributed by atoms with Crippen LogP contribution >= 0.6 is 0 Å². The minimum Gasteiger partial charge on any atom is -0.312 e. The molecule has 0 aliphatic heterocycles. The average Bonchev–Trinajstić information content (AvgIpc) is 2.91. The molecule has 0 fully saturated rings. The molecule has 0 radical (unpaired) electrons. The van der Waals surface area contributed by atoms with Gasteiger partial charge in [0.2, 0.25) is 0 Å². The molecule has 0 bridgehead atoms. The maximum atomic E-state index is 14.4. The highest BCUT2D eigenvalue weighted by Gasteiger charge is 2.33. The van der Waals surface area contributed by atoms with E-state index < -0.39 is 11.6 Å². The van der Waals surface area contributed by atoms with Crippen LogP contribution < -0.4 is 5.32 Å². The van der Waals surface area contributed by atoms with E-state index in [-0.39, 0.29) is 17.5 Å². The number of fused-ring (bicyclic) bond motifs is 1. The first kappa shape index (κ1) is 14.2. The van der Waals surface area contributed by atoms with Crippen LogP contribution in [0.2, 0.25) is 0 Å². The molecule has 2 atom stereocenters. The molecule has 21 heavy (non-hydrogen) atoms. The number of likely N-dealkylation sites (N-methyl/N-ethyl adjacent to an activating group) is 1. The highest BCUT2D eigenvalue weighted by Crippen LogP contribution is 2.42. The average molecular weight is 287 g/mol. The zero-order chi connectivity index (χ0) is 15.0. The predicted molar refractivity (Wildman–Crippen MR) is 80.4 cm³/mol. The Labute approximate surface area is 124 Å². The first-order valence-electron chi connectivity index (χ1n) is 7.33. The second-order valence-corrected chi connectivity index (χ2v) is 5.70. The van der Waals surface area contributed by atoms with Crippen LogP contribution in [0.25, 0.3) is 0 Å². The molecule has 0 saturated heterocycles. The molecule has 2 aromatic rings. The van der Waals surface area contributed by atoms with E-state index in [1.807, 2.05) is 12.1 Å².